The maximum atomic E-state index is 13.7. The zero-order valence-electron chi connectivity index (χ0n) is 23.6. The van der Waals surface area contributed by atoms with Crippen LogP contribution in [0, 0.1) is 17.0 Å². The zero-order chi connectivity index (χ0) is 30.0. The number of sulfonamides is 1. The smallest absolute Gasteiger partial charge is 0.269 e. The molecule has 222 valence electrons. The van der Waals surface area contributed by atoms with E-state index in [0.29, 0.717) is 44.0 Å². The van der Waals surface area contributed by atoms with Crippen LogP contribution in [0.5, 0.6) is 11.5 Å². The first-order valence-corrected chi connectivity index (χ1v) is 15.2. The Bertz CT molecular complexity index is 1420. The van der Waals surface area contributed by atoms with Crippen molar-refractivity contribution in [3.8, 4) is 11.5 Å². The van der Waals surface area contributed by atoms with E-state index in [9.17, 15) is 23.3 Å². The summed E-state index contributed by atoms with van der Waals surface area (Å²) in [6, 6.07) is 12.2. The number of nitro benzene ring substituents is 1. The molecule has 0 bridgehead atoms. The number of nitro groups is 1. The molecule has 1 heterocycles. The molecule has 41 heavy (non-hydrogen) atoms. The number of methoxy groups -OCH3 is 3. The summed E-state index contributed by atoms with van der Waals surface area (Å²) < 4.78 is 44.1. The van der Waals surface area contributed by atoms with E-state index >= 15 is 0 Å². The standard InChI is InChI=1S/C28H35N3O8S2/c1-21-13-17-40-27(21)19-29(15-12-22-6-11-25(38-3)26(18-22)39-4)28(32)20-30(14-5-16-37-2)41(35,36)24-9-7-23(8-10-24)31(33)34/h6-11,13,17-18H,5,12,14-16,19-20H2,1-4H3. The van der Waals surface area contributed by atoms with Crippen molar-refractivity contribution in [3.05, 3.63) is 80.0 Å². The summed E-state index contributed by atoms with van der Waals surface area (Å²) in [6.45, 7) is 2.60. The Kier molecular flexibility index (Phi) is 11.6. The van der Waals surface area contributed by atoms with Gasteiger partial charge in [-0.05, 0) is 66.6 Å². The molecule has 1 amide bonds. The molecule has 0 spiro atoms. The summed E-state index contributed by atoms with van der Waals surface area (Å²) in [4.78, 5) is 26.7. The first kappa shape index (κ1) is 32.0. The third kappa shape index (κ3) is 8.49. The molecular formula is C28H35N3O8S2. The first-order valence-electron chi connectivity index (χ1n) is 12.9. The Balaban J connectivity index is 1.86. The topological polar surface area (TPSA) is 129 Å². The molecular weight excluding hydrogens is 570 g/mol. The average Bonchev–Trinajstić information content (AvgIpc) is 3.38. The lowest BCUT2D eigenvalue weighted by molar-refractivity contribution is -0.384. The van der Waals surface area contributed by atoms with Gasteiger partial charge in [0.05, 0.1) is 37.1 Å². The summed E-state index contributed by atoms with van der Waals surface area (Å²) in [5, 5.41) is 13.0. The Hall–Kier alpha value is -3.52. The van der Waals surface area contributed by atoms with Crippen molar-refractivity contribution >= 4 is 33.0 Å². The highest BCUT2D eigenvalue weighted by Crippen LogP contribution is 2.28. The number of carbonyl (C=O) groups excluding carboxylic acids is 1. The molecule has 3 rings (SSSR count). The van der Waals surface area contributed by atoms with E-state index in [4.69, 9.17) is 14.2 Å². The van der Waals surface area contributed by atoms with Crippen LogP contribution < -0.4 is 9.47 Å². The molecule has 0 fully saturated rings. The number of amides is 1. The summed E-state index contributed by atoms with van der Waals surface area (Å²) in [5.41, 5.74) is 1.76. The fourth-order valence-electron chi connectivity index (χ4n) is 4.14. The summed E-state index contributed by atoms with van der Waals surface area (Å²) in [5.74, 6) is 0.818. The van der Waals surface area contributed by atoms with E-state index in [1.54, 1.807) is 25.2 Å². The van der Waals surface area contributed by atoms with Gasteiger partial charge < -0.3 is 19.1 Å². The van der Waals surface area contributed by atoms with Gasteiger partial charge in [0.1, 0.15) is 0 Å². The number of aryl methyl sites for hydroxylation is 1. The van der Waals surface area contributed by atoms with Crippen molar-refractivity contribution in [1.29, 1.82) is 0 Å². The van der Waals surface area contributed by atoms with E-state index in [1.807, 2.05) is 30.5 Å². The summed E-state index contributed by atoms with van der Waals surface area (Å²) in [6.07, 6.45) is 0.876. The zero-order valence-corrected chi connectivity index (χ0v) is 25.2. The second-order valence-electron chi connectivity index (χ2n) is 9.22. The predicted octanol–water partition coefficient (Wildman–Crippen LogP) is 4.28. The van der Waals surface area contributed by atoms with Crippen molar-refractivity contribution in [1.82, 2.24) is 9.21 Å². The molecule has 0 aliphatic rings. The summed E-state index contributed by atoms with van der Waals surface area (Å²) in [7, 11) is 0.503. The fraction of sp³-hybridized carbons (Fsp3) is 0.393. The van der Waals surface area contributed by atoms with Gasteiger partial charge >= 0.3 is 0 Å². The van der Waals surface area contributed by atoms with Crippen LogP contribution >= 0.6 is 11.3 Å². The maximum Gasteiger partial charge on any atom is 0.269 e. The molecule has 0 aliphatic carbocycles. The first-order chi connectivity index (χ1) is 19.6. The molecule has 2 aromatic carbocycles. The lowest BCUT2D eigenvalue weighted by Gasteiger charge is -2.27. The van der Waals surface area contributed by atoms with Gasteiger partial charge in [-0.1, -0.05) is 6.07 Å². The van der Waals surface area contributed by atoms with Crippen LogP contribution in [0.4, 0.5) is 5.69 Å². The quantitative estimate of drug-likeness (QED) is 0.134. The van der Waals surface area contributed by atoms with Crippen LogP contribution in [0.2, 0.25) is 0 Å². The number of non-ortho nitro benzene ring substituents is 1. The molecule has 0 saturated heterocycles. The van der Waals surface area contributed by atoms with Crippen LogP contribution in [0.1, 0.15) is 22.4 Å². The normalized spacial score (nSPS) is 11.4. The molecule has 0 saturated carbocycles. The minimum Gasteiger partial charge on any atom is -0.493 e. The predicted molar refractivity (Wildman–Crippen MR) is 156 cm³/mol. The third-order valence-corrected chi connectivity index (χ3v) is 9.39. The van der Waals surface area contributed by atoms with Gasteiger partial charge in [-0.15, -0.1) is 11.3 Å². The minimum absolute atomic E-state index is 0.0421. The number of benzene rings is 2. The van der Waals surface area contributed by atoms with E-state index in [-0.39, 0.29) is 29.6 Å². The number of hydrogen-bond acceptors (Lipinski definition) is 9. The number of nitrogens with zero attached hydrogens (tertiary/aromatic N) is 3. The van der Waals surface area contributed by atoms with E-state index < -0.39 is 14.9 Å². The van der Waals surface area contributed by atoms with Crippen LogP contribution in [-0.4, -0.2) is 76.0 Å². The second kappa shape index (κ2) is 14.9. The summed E-state index contributed by atoms with van der Waals surface area (Å²) >= 11 is 1.54. The molecule has 13 heteroatoms. The number of carbonyl (C=O) groups is 1. The fourth-order valence-corrected chi connectivity index (χ4v) is 6.49. The van der Waals surface area contributed by atoms with Gasteiger partial charge in [0.2, 0.25) is 15.9 Å². The molecule has 0 unspecified atom stereocenters. The molecule has 0 aliphatic heterocycles. The van der Waals surface area contributed by atoms with Gasteiger partial charge in [0, 0.05) is 43.8 Å². The van der Waals surface area contributed by atoms with Crippen LogP contribution in [-0.2, 0) is 32.5 Å². The molecule has 0 N–H and O–H groups in total. The van der Waals surface area contributed by atoms with E-state index in [2.05, 4.69) is 0 Å². The van der Waals surface area contributed by atoms with Crippen molar-refractivity contribution in [3.63, 3.8) is 0 Å². The lowest BCUT2D eigenvalue weighted by atomic mass is 10.1. The number of thiophene rings is 1. The monoisotopic (exact) mass is 605 g/mol. The Labute approximate surface area is 244 Å². The molecule has 1 aromatic heterocycles. The largest absolute Gasteiger partial charge is 0.493 e. The van der Waals surface area contributed by atoms with Crippen LogP contribution in [0.3, 0.4) is 0 Å². The van der Waals surface area contributed by atoms with E-state index in [0.717, 1.165) is 32.4 Å². The number of ether oxygens (including phenoxy) is 3. The Morgan fingerprint density at radius 2 is 1.71 bits per heavy atom. The van der Waals surface area contributed by atoms with Crippen molar-refractivity contribution in [2.45, 2.75) is 31.2 Å². The third-order valence-electron chi connectivity index (χ3n) is 6.53. The lowest BCUT2D eigenvalue weighted by Crippen LogP contribution is -2.43. The van der Waals surface area contributed by atoms with Gasteiger partial charge in [0.25, 0.3) is 5.69 Å². The van der Waals surface area contributed by atoms with Crippen LogP contribution in [0.25, 0.3) is 0 Å². The average molecular weight is 606 g/mol. The molecule has 0 atom stereocenters. The van der Waals surface area contributed by atoms with Crippen molar-refractivity contribution in [2.24, 2.45) is 0 Å². The molecule has 3 aromatic rings. The van der Waals surface area contributed by atoms with E-state index in [1.165, 1.54) is 30.6 Å². The van der Waals surface area contributed by atoms with Crippen molar-refractivity contribution in [2.75, 3.05) is 47.6 Å². The SMILES string of the molecule is COCCCN(CC(=O)N(CCc1ccc(OC)c(OC)c1)Cc1sccc1C)S(=O)(=O)c1ccc([N+](=O)[O-])cc1. The highest BCUT2D eigenvalue weighted by atomic mass is 32.2. The Morgan fingerprint density at radius 1 is 1.00 bits per heavy atom. The Morgan fingerprint density at radius 3 is 2.29 bits per heavy atom. The van der Waals surface area contributed by atoms with Gasteiger partial charge in [-0.25, -0.2) is 8.42 Å². The molecule has 11 nitrogen and oxygen atoms in total. The number of hydrogen-bond donors (Lipinski definition) is 0. The second-order valence-corrected chi connectivity index (χ2v) is 12.2. The molecule has 0 radical (unpaired) electrons. The maximum absolute atomic E-state index is 13.7. The highest BCUT2D eigenvalue weighted by Gasteiger charge is 2.29. The van der Waals surface area contributed by atoms with Gasteiger partial charge in [-0.3, -0.25) is 14.9 Å². The van der Waals surface area contributed by atoms with Crippen molar-refractivity contribution < 1.29 is 32.3 Å². The van der Waals surface area contributed by atoms with Crippen LogP contribution in [0.15, 0.2) is 58.8 Å². The van der Waals surface area contributed by atoms with Gasteiger partial charge in [0.15, 0.2) is 11.5 Å². The highest BCUT2D eigenvalue weighted by molar-refractivity contribution is 7.89. The number of rotatable bonds is 16. The minimum atomic E-state index is -4.13. The van der Waals surface area contributed by atoms with Gasteiger partial charge in [-0.2, -0.15) is 4.31 Å².